The third kappa shape index (κ3) is 5.46. The van der Waals surface area contributed by atoms with Crippen LogP contribution >= 0.6 is 0 Å². The van der Waals surface area contributed by atoms with Crippen molar-refractivity contribution in [1.29, 1.82) is 0 Å². The summed E-state index contributed by atoms with van der Waals surface area (Å²) in [6.07, 6.45) is 1.06. The lowest BCUT2D eigenvalue weighted by atomic mass is 10.1. The quantitative estimate of drug-likeness (QED) is 0.508. The van der Waals surface area contributed by atoms with Gasteiger partial charge in [-0.1, -0.05) is 13.8 Å². The lowest BCUT2D eigenvalue weighted by molar-refractivity contribution is -0.148. The van der Waals surface area contributed by atoms with Gasteiger partial charge in [-0.25, -0.2) is 8.42 Å². The second kappa shape index (κ2) is 7.81. The van der Waals surface area contributed by atoms with Crippen molar-refractivity contribution in [2.24, 2.45) is 5.92 Å². The van der Waals surface area contributed by atoms with Crippen LogP contribution in [-0.2, 0) is 24.3 Å². The summed E-state index contributed by atoms with van der Waals surface area (Å²) in [5, 5.41) is 0. The molecule has 0 saturated carbocycles. The predicted molar refractivity (Wildman–Crippen MR) is 71.2 cm³/mol. The molecule has 1 saturated heterocycles. The van der Waals surface area contributed by atoms with E-state index in [9.17, 15) is 13.2 Å². The van der Waals surface area contributed by atoms with Crippen molar-refractivity contribution in [2.75, 3.05) is 38.7 Å². The molecule has 1 aliphatic rings. The van der Waals surface area contributed by atoms with E-state index in [4.69, 9.17) is 9.47 Å². The highest BCUT2D eigenvalue weighted by Gasteiger charge is 2.23. The molecular weight excluding hydrogens is 270 g/mol. The van der Waals surface area contributed by atoms with Crippen LogP contribution in [0, 0.1) is 5.92 Å². The molecule has 0 amide bonds. The second-order valence-electron chi connectivity index (χ2n) is 4.66. The molecule has 1 unspecified atom stereocenters. The average molecular weight is 293 g/mol. The van der Waals surface area contributed by atoms with Gasteiger partial charge < -0.3 is 9.47 Å². The number of esters is 1. The number of ether oxygens (including phenoxy) is 2. The molecular formula is C12H23NO5S. The molecule has 7 heteroatoms. The van der Waals surface area contributed by atoms with E-state index in [1.54, 1.807) is 6.92 Å². The van der Waals surface area contributed by atoms with Gasteiger partial charge >= 0.3 is 5.97 Å². The molecule has 0 radical (unpaired) electrons. The lowest BCUT2D eigenvalue weighted by Gasteiger charge is -2.25. The molecule has 1 atom stereocenters. The van der Waals surface area contributed by atoms with E-state index in [-0.39, 0.29) is 24.2 Å². The summed E-state index contributed by atoms with van der Waals surface area (Å²) in [5.41, 5.74) is 0. The van der Waals surface area contributed by atoms with E-state index in [1.165, 1.54) is 4.31 Å². The number of nitrogens with zero attached hydrogens (tertiary/aromatic N) is 1. The van der Waals surface area contributed by atoms with Crippen molar-refractivity contribution >= 4 is 16.0 Å². The Morgan fingerprint density at radius 1 is 1.37 bits per heavy atom. The SMILES string of the molecule is CCC(C)C(=O)OCCCS(=O)(=O)N1CCOCC1. The standard InChI is InChI=1S/C12H23NO5S/c1-3-11(2)12(14)18-7-4-10-19(15,16)13-5-8-17-9-6-13/h11H,3-10H2,1-2H3. The smallest absolute Gasteiger partial charge is 0.308 e. The summed E-state index contributed by atoms with van der Waals surface area (Å²) in [4.78, 5) is 11.4. The predicted octanol–water partition coefficient (Wildman–Crippen LogP) is 0.628. The first kappa shape index (κ1) is 16.4. The summed E-state index contributed by atoms with van der Waals surface area (Å²) < 4.78 is 35.5. The number of hydrogen-bond donors (Lipinski definition) is 0. The highest BCUT2D eigenvalue weighted by molar-refractivity contribution is 7.89. The molecule has 6 nitrogen and oxygen atoms in total. The molecule has 112 valence electrons. The Bertz CT molecular complexity index is 376. The summed E-state index contributed by atoms with van der Waals surface area (Å²) in [5.74, 6) is -0.372. The van der Waals surface area contributed by atoms with Crippen LogP contribution in [0.15, 0.2) is 0 Å². The Labute approximate surface area is 115 Å². The summed E-state index contributed by atoms with van der Waals surface area (Å²) in [6.45, 7) is 5.59. The Hall–Kier alpha value is -0.660. The minimum absolute atomic E-state index is 0.0147. The van der Waals surface area contributed by atoms with Crippen LogP contribution in [0.1, 0.15) is 26.7 Å². The van der Waals surface area contributed by atoms with E-state index >= 15 is 0 Å². The Kier molecular flexibility index (Phi) is 6.74. The molecule has 1 rings (SSSR count). The lowest BCUT2D eigenvalue weighted by Crippen LogP contribution is -2.42. The van der Waals surface area contributed by atoms with Crippen LogP contribution in [0.25, 0.3) is 0 Å². The number of sulfonamides is 1. The Morgan fingerprint density at radius 3 is 2.58 bits per heavy atom. The van der Waals surface area contributed by atoms with Crippen molar-refractivity contribution in [3.8, 4) is 0 Å². The van der Waals surface area contributed by atoms with Crippen molar-refractivity contribution in [2.45, 2.75) is 26.7 Å². The third-order valence-electron chi connectivity index (χ3n) is 3.17. The average Bonchev–Trinajstić information content (AvgIpc) is 2.43. The molecule has 0 aromatic carbocycles. The number of hydrogen-bond acceptors (Lipinski definition) is 5. The molecule has 0 aliphatic carbocycles. The van der Waals surface area contributed by atoms with E-state index in [1.807, 2.05) is 6.92 Å². The molecule has 19 heavy (non-hydrogen) atoms. The minimum Gasteiger partial charge on any atom is -0.465 e. The number of carbonyl (C=O) groups is 1. The van der Waals surface area contributed by atoms with Crippen LogP contribution in [-0.4, -0.2) is 57.4 Å². The van der Waals surface area contributed by atoms with Gasteiger partial charge in [0.1, 0.15) is 0 Å². The van der Waals surface area contributed by atoms with Crippen molar-refractivity contribution < 1.29 is 22.7 Å². The Morgan fingerprint density at radius 2 is 2.00 bits per heavy atom. The van der Waals surface area contributed by atoms with Crippen molar-refractivity contribution in [3.05, 3.63) is 0 Å². The fourth-order valence-electron chi connectivity index (χ4n) is 1.68. The van der Waals surface area contributed by atoms with E-state index in [0.29, 0.717) is 32.7 Å². The molecule has 1 aliphatic heterocycles. The first-order chi connectivity index (χ1) is 8.97. The molecule has 0 N–H and O–H groups in total. The second-order valence-corrected chi connectivity index (χ2v) is 6.75. The number of carbonyl (C=O) groups excluding carboxylic acids is 1. The van der Waals surface area contributed by atoms with Crippen LogP contribution in [0.2, 0.25) is 0 Å². The molecule has 1 heterocycles. The van der Waals surface area contributed by atoms with Gasteiger partial charge in [0.25, 0.3) is 0 Å². The van der Waals surface area contributed by atoms with Gasteiger partial charge in [-0.05, 0) is 12.8 Å². The highest BCUT2D eigenvalue weighted by Crippen LogP contribution is 2.08. The van der Waals surface area contributed by atoms with Gasteiger partial charge in [0, 0.05) is 13.1 Å². The zero-order valence-electron chi connectivity index (χ0n) is 11.6. The molecule has 1 fully saturated rings. The van der Waals surface area contributed by atoms with Crippen molar-refractivity contribution in [1.82, 2.24) is 4.31 Å². The molecule has 0 aromatic rings. The first-order valence-corrected chi connectivity index (χ1v) is 8.30. The highest BCUT2D eigenvalue weighted by atomic mass is 32.2. The molecule has 0 aromatic heterocycles. The van der Waals surface area contributed by atoms with Gasteiger partial charge in [0.05, 0.1) is 31.5 Å². The number of rotatable bonds is 7. The first-order valence-electron chi connectivity index (χ1n) is 6.69. The van der Waals surface area contributed by atoms with Crippen LogP contribution in [0.5, 0.6) is 0 Å². The zero-order valence-corrected chi connectivity index (χ0v) is 12.4. The van der Waals surface area contributed by atoms with Crippen LogP contribution in [0.3, 0.4) is 0 Å². The van der Waals surface area contributed by atoms with Gasteiger partial charge in [-0.2, -0.15) is 4.31 Å². The van der Waals surface area contributed by atoms with Crippen LogP contribution in [0.4, 0.5) is 0 Å². The van der Waals surface area contributed by atoms with Gasteiger partial charge in [-0.15, -0.1) is 0 Å². The van der Waals surface area contributed by atoms with Crippen LogP contribution < -0.4 is 0 Å². The zero-order chi connectivity index (χ0) is 14.3. The summed E-state index contributed by atoms with van der Waals surface area (Å²) >= 11 is 0. The third-order valence-corrected chi connectivity index (χ3v) is 5.13. The Balaban J connectivity index is 2.26. The number of morpholine rings is 1. The maximum atomic E-state index is 12.0. The largest absolute Gasteiger partial charge is 0.465 e. The maximum Gasteiger partial charge on any atom is 0.308 e. The molecule has 0 bridgehead atoms. The fraction of sp³-hybridized carbons (Fsp3) is 0.917. The van der Waals surface area contributed by atoms with E-state index in [2.05, 4.69) is 0 Å². The van der Waals surface area contributed by atoms with E-state index in [0.717, 1.165) is 6.42 Å². The normalized spacial score (nSPS) is 19.1. The monoisotopic (exact) mass is 293 g/mol. The van der Waals surface area contributed by atoms with Gasteiger partial charge in [-0.3, -0.25) is 4.79 Å². The topological polar surface area (TPSA) is 72.9 Å². The molecule has 0 spiro atoms. The maximum absolute atomic E-state index is 12.0. The van der Waals surface area contributed by atoms with Gasteiger partial charge in [0.2, 0.25) is 10.0 Å². The summed E-state index contributed by atoms with van der Waals surface area (Å²) in [7, 11) is -3.25. The van der Waals surface area contributed by atoms with Gasteiger partial charge in [0.15, 0.2) is 0 Å². The minimum atomic E-state index is -3.25. The summed E-state index contributed by atoms with van der Waals surface area (Å²) in [6, 6.07) is 0. The van der Waals surface area contributed by atoms with E-state index < -0.39 is 10.0 Å². The van der Waals surface area contributed by atoms with Crippen molar-refractivity contribution in [3.63, 3.8) is 0 Å². The fourth-order valence-corrected chi connectivity index (χ4v) is 3.12.